The summed E-state index contributed by atoms with van der Waals surface area (Å²) in [5.41, 5.74) is 3.90. The highest BCUT2D eigenvalue weighted by Gasteiger charge is 2.22. The van der Waals surface area contributed by atoms with Gasteiger partial charge in [-0.05, 0) is 57.8 Å². The lowest BCUT2D eigenvalue weighted by molar-refractivity contribution is 0.173. The number of para-hydroxylation sites is 2. The molecule has 0 radical (unpaired) electrons. The summed E-state index contributed by atoms with van der Waals surface area (Å²) in [6.45, 7) is 7.62. The van der Waals surface area contributed by atoms with Crippen molar-refractivity contribution >= 4 is 11.0 Å². The average Bonchev–Trinajstić information content (AvgIpc) is 3.03. The number of rotatable bonds is 5. The van der Waals surface area contributed by atoms with Gasteiger partial charge in [-0.3, -0.25) is 9.47 Å². The summed E-state index contributed by atoms with van der Waals surface area (Å²) in [7, 11) is 0. The highest BCUT2D eigenvalue weighted by molar-refractivity contribution is 5.74. The van der Waals surface area contributed by atoms with Crippen LogP contribution in [0.3, 0.4) is 0 Å². The molecule has 142 valence electrons. The second-order valence-corrected chi connectivity index (χ2v) is 7.36. The van der Waals surface area contributed by atoms with E-state index < -0.39 is 0 Å². The number of aryl methyl sites for hydroxylation is 1. The van der Waals surface area contributed by atoms with Crippen LogP contribution in [0.1, 0.15) is 37.0 Å². The molecule has 0 unspecified atom stereocenters. The van der Waals surface area contributed by atoms with E-state index in [1.165, 1.54) is 0 Å². The Kier molecular flexibility index (Phi) is 5.03. The standard InChI is InChI=1S/C20H26N6O/c1-3-26-19(23-24-20(26)27)12-15-8-10-25(11-9-15)13-18-14(2)21-16-6-4-5-7-17(16)22-18/h4-7,15H,3,8-13H2,1-2H3,(H,24,27). The van der Waals surface area contributed by atoms with Crippen molar-refractivity contribution in [3.8, 4) is 0 Å². The number of benzene rings is 1. The number of nitrogens with one attached hydrogen (secondary N) is 1. The minimum absolute atomic E-state index is 0.102. The Labute approximate surface area is 158 Å². The number of nitrogens with zero attached hydrogens (tertiary/aromatic N) is 5. The predicted molar refractivity (Wildman–Crippen MR) is 105 cm³/mol. The lowest BCUT2D eigenvalue weighted by Crippen LogP contribution is -2.34. The van der Waals surface area contributed by atoms with Crippen LogP contribution in [0.2, 0.25) is 0 Å². The molecule has 0 bridgehead atoms. The molecule has 7 nitrogen and oxygen atoms in total. The molecule has 7 heteroatoms. The van der Waals surface area contributed by atoms with Crippen molar-refractivity contribution in [2.24, 2.45) is 5.92 Å². The second kappa shape index (κ2) is 7.60. The van der Waals surface area contributed by atoms with Crippen LogP contribution in [0.15, 0.2) is 29.1 Å². The molecule has 1 fully saturated rings. The third kappa shape index (κ3) is 3.78. The lowest BCUT2D eigenvalue weighted by atomic mass is 9.93. The van der Waals surface area contributed by atoms with Crippen molar-refractivity contribution in [3.63, 3.8) is 0 Å². The van der Waals surface area contributed by atoms with Gasteiger partial charge in [-0.1, -0.05) is 12.1 Å². The number of hydrogen-bond donors (Lipinski definition) is 1. The van der Waals surface area contributed by atoms with Gasteiger partial charge in [0.25, 0.3) is 0 Å². The monoisotopic (exact) mass is 366 g/mol. The molecule has 3 heterocycles. The van der Waals surface area contributed by atoms with E-state index in [1.54, 1.807) is 4.57 Å². The Morgan fingerprint density at radius 2 is 1.85 bits per heavy atom. The number of H-pyrrole nitrogens is 1. The molecule has 0 spiro atoms. The number of fused-ring (bicyclic) bond motifs is 1. The largest absolute Gasteiger partial charge is 0.343 e. The molecule has 0 atom stereocenters. The first-order valence-electron chi connectivity index (χ1n) is 9.72. The zero-order valence-electron chi connectivity index (χ0n) is 16.0. The Hall–Kier alpha value is -2.54. The van der Waals surface area contributed by atoms with Crippen LogP contribution in [-0.2, 0) is 19.5 Å². The summed E-state index contributed by atoms with van der Waals surface area (Å²) in [4.78, 5) is 23.7. The zero-order valence-corrected chi connectivity index (χ0v) is 16.0. The van der Waals surface area contributed by atoms with Crippen LogP contribution in [0, 0.1) is 12.8 Å². The van der Waals surface area contributed by atoms with Crippen molar-refractivity contribution in [1.29, 1.82) is 0 Å². The molecule has 1 aliphatic rings. The van der Waals surface area contributed by atoms with E-state index in [0.717, 1.165) is 67.1 Å². The summed E-state index contributed by atoms with van der Waals surface area (Å²) in [5.74, 6) is 1.46. The first-order chi connectivity index (χ1) is 13.1. The fraction of sp³-hybridized carbons (Fsp3) is 0.500. The van der Waals surface area contributed by atoms with Crippen molar-refractivity contribution in [2.45, 2.75) is 46.2 Å². The van der Waals surface area contributed by atoms with Crippen molar-refractivity contribution in [1.82, 2.24) is 29.6 Å². The molecular weight excluding hydrogens is 340 g/mol. The van der Waals surface area contributed by atoms with Crippen molar-refractivity contribution in [2.75, 3.05) is 13.1 Å². The fourth-order valence-corrected chi connectivity index (χ4v) is 3.93. The maximum Gasteiger partial charge on any atom is 0.343 e. The third-order valence-electron chi connectivity index (χ3n) is 5.55. The number of hydrogen-bond acceptors (Lipinski definition) is 5. The maximum atomic E-state index is 11.7. The second-order valence-electron chi connectivity index (χ2n) is 7.36. The van der Waals surface area contributed by atoms with Crippen LogP contribution in [0.5, 0.6) is 0 Å². The predicted octanol–water partition coefficient (Wildman–Crippen LogP) is 2.30. The van der Waals surface area contributed by atoms with E-state index >= 15 is 0 Å². The Morgan fingerprint density at radius 3 is 2.56 bits per heavy atom. The molecule has 2 aromatic heterocycles. The number of aromatic amines is 1. The first kappa shape index (κ1) is 17.9. The van der Waals surface area contributed by atoms with Gasteiger partial charge in [-0.25, -0.2) is 19.9 Å². The summed E-state index contributed by atoms with van der Waals surface area (Å²) < 4.78 is 1.74. The Balaban J connectivity index is 1.38. The zero-order chi connectivity index (χ0) is 18.8. The fourth-order valence-electron chi connectivity index (χ4n) is 3.93. The molecule has 1 saturated heterocycles. The minimum atomic E-state index is -0.102. The van der Waals surface area contributed by atoms with E-state index in [4.69, 9.17) is 9.97 Å². The Morgan fingerprint density at radius 1 is 1.15 bits per heavy atom. The van der Waals surface area contributed by atoms with Gasteiger partial charge < -0.3 is 0 Å². The van der Waals surface area contributed by atoms with Gasteiger partial charge in [0.2, 0.25) is 0 Å². The SMILES string of the molecule is CCn1c(CC2CCN(Cc3nc4ccccc4nc3C)CC2)n[nH]c1=O. The van der Waals surface area contributed by atoms with Crippen LogP contribution < -0.4 is 5.69 Å². The van der Waals surface area contributed by atoms with Gasteiger partial charge in [0.15, 0.2) is 0 Å². The minimum Gasteiger partial charge on any atom is -0.297 e. The number of piperidine rings is 1. The van der Waals surface area contributed by atoms with Crippen molar-refractivity contribution < 1.29 is 0 Å². The van der Waals surface area contributed by atoms with Gasteiger partial charge >= 0.3 is 5.69 Å². The molecular formula is C20H26N6O. The van der Waals surface area contributed by atoms with Gasteiger partial charge in [-0.2, -0.15) is 5.10 Å². The van der Waals surface area contributed by atoms with Gasteiger partial charge in [0.1, 0.15) is 5.82 Å². The average molecular weight is 366 g/mol. The summed E-state index contributed by atoms with van der Waals surface area (Å²) in [5, 5.41) is 6.77. The summed E-state index contributed by atoms with van der Waals surface area (Å²) in [6.07, 6.45) is 3.10. The molecule has 1 aliphatic heterocycles. The lowest BCUT2D eigenvalue weighted by Gasteiger charge is -2.31. The highest BCUT2D eigenvalue weighted by Crippen LogP contribution is 2.22. The molecule has 27 heavy (non-hydrogen) atoms. The van der Waals surface area contributed by atoms with Gasteiger partial charge in [0, 0.05) is 19.5 Å². The smallest absolute Gasteiger partial charge is 0.297 e. The summed E-state index contributed by atoms with van der Waals surface area (Å²) >= 11 is 0. The first-order valence-corrected chi connectivity index (χ1v) is 9.72. The quantitative estimate of drug-likeness (QED) is 0.749. The van der Waals surface area contributed by atoms with Crippen molar-refractivity contribution in [3.05, 3.63) is 52.0 Å². The van der Waals surface area contributed by atoms with E-state index in [2.05, 4.69) is 15.1 Å². The van der Waals surface area contributed by atoms with Crippen LogP contribution >= 0.6 is 0 Å². The van der Waals surface area contributed by atoms with Crippen LogP contribution in [0.4, 0.5) is 0 Å². The molecule has 1 N–H and O–H groups in total. The summed E-state index contributed by atoms with van der Waals surface area (Å²) in [6, 6.07) is 8.04. The highest BCUT2D eigenvalue weighted by atomic mass is 16.1. The van der Waals surface area contributed by atoms with E-state index in [9.17, 15) is 4.79 Å². The topological polar surface area (TPSA) is 79.7 Å². The molecule has 0 aliphatic carbocycles. The number of aromatic nitrogens is 5. The maximum absolute atomic E-state index is 11.7. The van der Waals surface area contributed by atoms with Crippen LogP contribution in [-0.4, -0.2) is 42.7 Å². The molecule has 3 aromatic rings. The number of likely N-dealkylation sites (tertiary alicyclic amines) is 1. The molecule has 0 saturated carbocycles. The normalized spacial score (nSPS) is 16.2. The van der Waals surface area contributed by atoms with Gasteiger partial charge in [0.05, 0.1) is 22.4 Å². The van der Waals surface area contributed by atoms with E-state index in [-0.39, 0.29) is 5.69 Å². The molecule has 0 amide bonds. The Bertz CT molecular complexity index is 984. The van der Waals surface area contributed by atoms with Crippen LogP contribution in [0.25, 0.3) is 11.0 Å². The third-order valence-corrected chi connectivity index (χ3v) is 5.55. The molecule has 4 rings (SSSR count). The van der Waals surface area contributed by atoms with E-state index in [0.29, 0.717) is 12.5 Å². The van der Waals surface area contributed by atoms with Gasteiger partial charge in [-0.15, -0.1) is 0 Å². The van der Waals surface area contributed by atoms with E-state index in [1.807, 2.05) is 38.1 Å². The molecule has 1 aromatic carbocycles.